The molecule has 3 rings (SSSR count). The van der Waals surface area contributed by atoms with Gasteiger partial charge >= 0.3 is 6.03 Å². The molecule has 2 heterocycles. The van der Waals surface area contributed by atoms with Crippen molar-refractivity contribution in [3.8, 4) is 5.69 Å². The van der Waals surface area contributed by atoms with Gasteiger partial charge in [-0.3, -0.25) is 20.2 Å². The van der Waals surface area contributed by atoms with Crippen molar-refractivity contribution in [3.05, 3.63) is 56.4 Å². The number of nitrogens with zero attached hydrogens (tertiary/aromatic N) is 1. The molecule has 2 aromatic rings. The molecule has 1 fully saturated rings. The Labute approximate surface area is 152 Å². The second-order valence-corrected chi connectivity index (χ2v) is 6.68. The SMILES string of the molecule is Cc1cc(C=C2C(=O)NC(=O)NC2=O)c(C)n1-c1cccc(I)c1. The minimum atomic E-state index is -0.800. The summed E-state index contributed by atoms with van der Waals surface area (Å²) in [7, 11) is 0. The number of amides is 4. The summed E-state index contributed by atoms with van der Waals surface area (Å²) in [5, 5.41) is 4.15. The first-order chi connectivity index (χ1) is 11.4. The molecule has 24 heavy (non-hydrogen) atoms. The van der Waals surface area contributed by atoms with Gasteiger partial charge in [-0.1, -0.05) is 6.07 Å². The Morgan fingerprint density at radius 1 is 1.04 bits per heavy atom. The number of urea groups is 1. The molecule has 0 atom stereocenters. The number of hydrogen-bond acceptors (Lipinski definition) is 3. The number of halogens is 1. The fourth-order valence-electron chi connectivity index (χ4n) is 2.71. The van der Waals surface area contributed by atoms with E-state index in [1.54, 1.807) is 0 Å². The summed E-state index contributed by atoms with van der Waals surface area (Å²) in [5.74, 6) is -1.38. The largest absolute Gasteiger partial charge is 0.328 e. The second kappa shape index (κ2) is 6.23. The number of nitrogens with one attached hydrogen (secondary N) is 2. The number of hydrogen-bond donors (Lipinski definition) is 2. The van der Waals surface area contributed by atoms with E-state index < -0.39 is 17.8 Å². The van der Waals surface area contributed by atoms with Gasteiger partial charge in [0.15, 0.2) is 0 Å². The van der Waals surface area contributed by atoms with E-state index in [9.17, 15) is 14.4 Å². The molecule has 1 saturated heterocycles. The Morgan fingerprint density at radius 2 is 1.71 bits per heavy atom. The summed E-state index contributed by atoms with van der Waals surface area (Å²) in [6.45, 7) is 3.88. The molecule has 1 aromatic carbocycles. The van der Waals surface area contributed by atoms with Gasteiger partial charge in [0.05, 0.1) is 0 Å². The highest BCUT2D eigenvalue weighted by atomic mass is 127. The fourth-order valence-corrected chi connectivity index (χ4v) is 3.23. The number of carbonyl (C=O) groups excluding carboxylic acids is 3. The highest BCUT2D eigenvalue weighted by Gasteiger charge is 2.28. The average molecular weight is 435 g/mol. The van der Waals surface area contributed by atoms with Crippen LogP contribution in [0.5, 0.6) is 0 Å². The molecule has 0 aliphatic carbocycles. The molecule has 2 N–H and O–H groups in total. The summed E-state index contributed by atoms with van der Waals surface area (Å²) in [5.41, 5.74) is 3.56. The van der Waals surface area contributed by atoms with Gasteiger partial charge in [-0.15, -0.1) is 0 Å². The molecule has 0 spiro atoms. The van der Waals surface area contributed by atoms with E-state index in [0.29, 0.717) is 0 Å². The van der Waals surface area contributed by atoms with Gasteiger partial charge in [0.2, 0.25) is 0 Å². The van der Waals surface area contributed by atoms with Gasteiger partial charge in [0.1, 0.15) is 5.57 Å². The number of benzene rings is 1. The fraction of sp³-hybridized carbons (Fsp3) is 0.118. The summed E-state index contributed by atoms with van der Waals surface area (Å²) in [4.78, 5) is 34.9. The Kier molecular flexibility index (Phi) is 4.27. The van der Waals surface area contributed by atoms with E-state index in [4.69, 9.17) is 0 Å². The van der Waals surface area contributed by atoms with Gasteiger partial charge in [-0.25, -0.2) is 4.79 Å². The van der Waals surface area contributed by atoms with Crippen molar-refractivity contribution in [2.75, 3.05) is 0 Å². The van der Waals surface area contributed by atoms with Crippen molar-refractivity contribution in [2.24, 2.45) is 0 Å². The van der Waals surface area contributed by atoms with Crippen LogP contribution in [0.15, 0.2) is 35.9 Å². The topological polar surface area (TPSA) is 80.2 Å². The first kappa shape index (κ1) is 16.4. The molecule has 6 nitrogen and oxygen atoms in total. The zero-order chi connectivity index (χ0) is 17.4. The number of imide groups is 2. The normalized spacial score (nSPS) is 14.5. The lowest BCUT2D eigenvalue weighted by Gasteiger charge is -2.14. The van der Waals surface area contributed by atoms with Gasteiger partial charge < -0.3 is 4.57 Å². The van der Waals surface area contributed by atoms with Crippen LogP contribution in [0.2, 0.25) is 0 Å². The quantitative estimate of drug-likeness (QED) is 0.432. The first-order valence-corrected chi connectivity index (χ1v) is 8.28. The summed E-state index contributed by atoms with van der Waals surface area (Å²) >= 11 is 2.25. The van der Waals surface area contributed by atoms with E-state index >= 15 is 0 Å². The van der Waals surface area contributed by atoms with E-state index in [2.05, 4.69) is 43.9 Å². The standard InChI is InChI=1S/C17H14IN3O3/c1-9-6-11(7-14-15(22)19-17(24)20-16(14)23)10(2)21(9)13-5-3-4-12(18)8-13/h3-8H,1-2H3,(H2,19,20,22,23,24). The summed E-state index contributed by atoms with van der Waals surface area (Å²) in [6, 6.07) is 9.13. The maximum Gasteiger partial charge on any atom is 0.328 e. The lowest BCUT2D eigenvalue weighted by atomic mass is 10.1. The van der Waals surface area contributed by atoms with Crippen molar-refractivity contribution >= 4 is 46.5 Å². The third kappa shape index (κ3) is 2.99. The Bertz CT molecular complexity index is 890. The van der Waals surface area contributed by atoms with Gasteiger partial charge in [-0.2, -0.15) is 0 Å². The van der Waals surface area contributed by atoms with Crippen LogP contribution in [0.3, 0.4) is 0 Å². The molecule has 1 aromatic heterocycles. The van der Waals surface area contributed by atoms with Crippen molar-refractivity contribution in [3.63, 3.8) is 0 Å². The highest BCUT2D eigenvalue weighted by molar-refractivity contribution is 14.1. The van der Waals surface area contributed by atoms with Crippen LogP contribution in [0.1, 0.15) is 17.0 Å². The predicted molar refractivity (Wildman–Crippen MR) is 97.6 cm³/mol. The van der Waals surface area contributed by atoms with Gasteiger partial charge in [0, 0.05) is 20.6 Å². The van der Waals surface area contributed by atoms with Crippen LogP contribution in [0, 0.1) is 17.4 Å². The summed E-state index contributed by atoms with van der Waals surface area (Å²) < 4.78 is 3.17. The molecule has 4 amide bonds. The number of rotatable bonds is 2. The van der Waals surface area contributed by atoms with Crippen LogP contribution in [0.4, 0.5) is 4.79 Å². The van der Waals surface area contributed by atoms with Crippen LogP contribution in [0.25, 0.3) is 11.8 Å². The molecule has 0 bridgehead atoms. The zero-order valence-electron chi connectivity index (χ0n) is 13.0. The monoisotopic (exact) mass is 435 g/mol. The van der Waals surface area contributed by atoms with Gasteiger partial charge in [-0.05, 0) is 72.3 Å². The third-order valence-corrected chi connectivity index (χ3v) is 4.45. The smallest absolute Gasteiger partial charge is 0.318 e. The number of aryl methyl sites for hydroxylation is 1. The maximum atomic E-state index is 11.9. The van der Waals surface area contributed by atoms with Crippen molar-refractivity contribution in [1.82, 2.24) is 15.2 Å². The zero-order valence-corrected chi connectivity index (χ0v) is 15.2. The van der Waals surface area contributed by atoms with Crippen molar-refractivity contribution < 1.29 is 14.4 Å². The molecule has 0 saturated carbocycles. The molecule has 0 radical (unpaired) electrons. The molecule has 0 unspecified atom stereocenters. The first-order valence-electron chi connectivity index (χ1n) is 7.20. The lowest BCUT2D eigenvalue weighted by Crippen LogP contribution is -2.51. The van der Waals surface area contributed by atoms with E-state index in [1.165, 1.54) is 6.08 Å². The number of carbonyl (C=O) groups is 3. The minimum Gasteiger partial charge on any atom is -0.318 e. The van der Waals surface area contributed by atoms with E-state index in [1.807, 2.05) is 38.1 Å². The van der Waals surface area contributed by atoms with Crippen LogP contribution in [-0.4, -0.2) is 22.4 Å². The highest BCUT2D eigenvalue weighted by Crippen LogP contribution is 2.24. The summed E-state index contributed by atoms with van der Waals surface area (Å²) in [6.07, 6.45) is 1.50. The molecular formula is C17H14IN3O3. The van der Waals surface area contributed by atoms with Gasteiger partial charge in [0.25, 0.3) is 11.8 Å². The Hall–Kier alpha value is -2.42. The maximum absolute atomic E-state index is 11.9. The molecule has 122 valence electrons. The number of aromatic nitrogens is 1. The molecular weight excluding hydrogens is 421 g/mol. The minimum absolute atomic E-state index is 0.0857. The Balaban J connectivity index is 2.07. The van der Waals surface area contributed by atoms with E-state index in [0.717, 1.165) is 26.2 Å². The van der Waals surface area contributed by atoms with Crippen LogP contribution in [-0.2, 0) is 9.59 Å². The Morgan fingerprint density at radius 3 is 2.33 bits per heavy atom. The third-order valence-electron chi connectivity index (χ3n) is 3.78. The second-order valence-electron chi connectivity index (χ2n) is 5.44. The predicted octanol–water partition coefficient (Wildman–Crippen LogP) is 2.45. The average Bonchev–Trinajstić information content (AvgIpc) is 2.77. The molecule has 7 heteroatoms. The molecule has 1 aliphatic heterocycles. The van der Waals surface area contributed by atoms with Crippen LogP contribution >= 0.6 is 22.6 Å². The van der Waals surface area contributed by atoms with Crippen molar-refractivity contribution in [1.29, 1.82) is 0 Å². The van der Waals surface area contributed by atoms with Crippen LogP contribution < -0.4 is 10.6 Å². The van der Waals surface area contributed by atoms with E-state index in [-0.39, 0.29) is 5.57 Å². The molecule has 1 aliphatic rings. The van der Waals surface area contributed by atoms with Crippen molar-refractivity contribution in [2.45, 2.75) is 13.8 Å². The lowest BCUT2D eigenvalue weighted by molar-refractivity contribution is -0.123. The number of barbiturate groups is 1.